The van der Waals surface area contributed by atoms with Crippen molar-refractivity contribution in [1.29, 1.82) is 0 Å². The number of β-amino-alcohol motifs (C(OH)–C–C–N with tert-alkyl or cyclic N) is 1. The summed E-state index contributed by atoms with van der Waals surface area (Å²) in [5, 5.41) is 40.2. The Morgan fingerprint density at radius 1 is 0.863 bits per heavy atom. The molecule has 3 aromatic carbocycles. The van der Waals surface area contributed by atoms with Crippen LogP contribution in [0.25, 0.3) is 20.7 Å². The average Bonchev–Trinajstić information content (AvgIpc) is 1.76. The van der Waals surface area contributed by atoms with E-state index in [4.69, 9.17) is 9.47 Å². The van der Waals surface area contributed by atoms with Gasteiger partial charge in [-0.3, -0.25) is 19.3 Å². The van der Waals surface area contributed by atoms with Gasteiger partial charge in [-0.15, -0.1) is 32.9 Å². The Morgan fingerprint density at radius 2 is 1.61 bits per heavy atom. The number of aryl methyl sites for hydroxylation is 2. The van der Waals surface area contributed by atoms with Crippen LogP contribution in [0.15, 0.2) is 66.2 Å². The van der Waals surface area contributed by atoms with E-state index < -0.39 is 58.8 Å². The summed E-state index contributed by atoms with van der Waals surface area (Å²) in [7, 11) is 0. The van der Waals surface area contributed by atoms with Crippen molar-refractivity contribution in [3.8, 4) is 33.8 Å². The highest BCUT2D eigenvalue weighted by atomic mass is 32.1. The van der Waals surface area contributed by atoms with Gasteiger partial charge >= 0.3 is 5.97 Å². The van der Waals surface area contributed by atoms with E-state index in [2.05, 4.69) is 62.7 Å². The molecule has 0 radical (unpaired) electrons. The van der Waals surface area contributed by atoms with Crippen molar-refractivity contribution < 1.29 is 47.6 Å². The number of rotatable bonds is 28. The van der Waals surface area contributed by atoms with Crippen molar-refractivity contribution >= 4 is 89.8 Å². The molecule has 3 fully saturated rings. The zero-order valence-corrected chi connectivity index (χ0v) is 57.1. The number of carboxylic acid groups (broad SMARTS) is 1. The first-order valence-corrected chi connectivity index (χ1v) is 35.6. The number of ether oxygens (including phenoxy) is 2. The van der Waals surface area contributed by atoms with E-state index in [-0.39, 0.29) is 50.4 Å². The molecule has 95 heavy (non-hydrogen) atoms. The quantitative estimate of drug-likeness (QED) is 0.0226. The number of thiazole rings is 3. The summed E-state index contributed by atoms with van der Waals surface area (Å²) < 4.78 is 43.3. The van der Waals surface area contributed by atoms with Crippen LogP contribution >= 0.6 is 34.0 Å². The molecule has 11 rings (SSSR count). The van der Waals surface area contributed by atoms with Crippen molar-refractivity contribution in [1.82, 2.24) is 50.5 Å². The molecule has 3 aliphatic heterocycles. The number of aromatic carboxylic acids is 1. The standard InChI is InChI=1S/C70H84F2N12O8S3/c1-44-50-19-16-31-83(62(50)80-79-61(44)78-67-75-52-20-11-12-21-56(52)94-67)68-76-58(65(88)89)57(95-68)22-17-37-91-54-26-23-46(38-51(54)71)18-15-30-82-34-32-81(33-35-82)29-13-9-7-6-8-10-14-36-92-55-39-47(59-45(2)74-43-93-59)24-25-48(55)41-73-63(86)53-40-49(85)42-84(53)64(87)60(69(3,4)5)77-66(90)70(72)27-28-70/h11-12,20-21,23-26,38-39,43,49,53,60,85H,6-10,13-14,16-17,19,22,27-37,40-42H2,1-5H3,(H,73,86)(H,77,90)(H,88,89)(H,75,78,79)/t49-,53+,60-/m1/s1. The molecule has 1 saturated carbocycles. The number of carbonyl (C=O) groups excluding carboxylic acids is 3. The van der Waals surface area contributed by atoms with E-state index in [0.717, 1.165) is 126 Å². The molecule has 4 aliphatic rings. The number of likely N-dealkylation sites (tertiary alicyclic amines) is 1. The first kappa shape index (κ1) is 68.6. The molecule has 0 spiro atoms. The van der Waals surface area contributed by atoms with Gasteiger partial charge in [-0.2, -0.15) is 0 Å². The SMILES string of the molecule is Cc1ncsc1-c1ccc(CNC(=O)[C@@H]2C[C@@H](O)CN2C(=O)[C@@H](NC(=O)C2(F)CC2)C(C)(C)C)c(OCCCCCCCCCN2CCN(CC#Cc3ccc(OCCCc4sc(N5CCCc6c5nnc(Nc5nc7ccccc7s5)c6C)nc4C(=O)O)c(F)c3)CC2)c1. The number of carbonyl (C=O) groups is 4. The van der Waals surface area contributed by atoms with E-state index in [9.17, 15) is 33.8 Å². The maximum Gasteiger partial charge on any atom is 0.355 e. The van der Waals surface area contributed by atoms with E-state index in [0.29, 0.717) is 65.5 Å². The number of aromatic nitrogens is 5. The Kier molecular flexibility index (Phi) is 22.4. The van der Waals surface area contributed by atoms with Crippen LogP contribution in [-0.2, 0) is 33.8 Å². The van der Waals surface area contributed by atoms with Crippen molar-refractivity contribution in [3.05, 3.63) is 111 Å². The van der Waals surface area contributed by atoms with Crippen molar-refractivity contribution in [2.24, 2.45) is 5.41 Å². The smallest absolute Gasteiger partial charge is 0.355 e. The molecule has 0 bridgehead atoms. The molecule has 3 amide bonds. The van der Waals surface area contributed by atoms with Crippen LogP contribution in [-0.4, -0.2) is 163 Å². The molecular formula is C70H84F2N12O8S3. The lowest BCUT2D eigenvalue weighted by Crippen LogP contribution is -2.59. The predicted molar refractivity (Wildman–Crippen MR) is 367 cm³/mol. The third-order valence-electron chi connectivity index (χ3n) is 18.0. The summed E-state index contributed by atoms with van der Waals surface area (Å²) in [5.74, 6) is 5.02. The lowest BCUT2D eigenvalue weighted by molar-refractivity contribution is -0.145. The number of aliphatic hydroxyl groups excluding tert-OH is 1. The largest absolute Gasteiger partial charge is 0.493 e. The fourth-order valence-corrected chi connectivity index (χ4v) is 15.1. The Morgan fingerprint density at radius 3 is 2.35 bits per heavy atom. The fourth-order valence-electron chi connectivity index (χ4n) is 12.3. The number of halogens is 2. The zero-order chi connectivity index (χ0) is 66.8. The lowest BCUT2D eigenvalue weighted by Gasteiger charge is -2.35. The number of amides is 3. The topological polar surface area (TPSA) is 241 Å². The Bertz CT molecular complexity index is 3910. The van der Waals surface area contributed by atoms with Gasteiger partial charge in [0.2, 0.25) is 11.8 Å². The molecule has 0 unspecified atom stereocenters. The number of nitrogens with zero attached hydrogens (tertiary/aromatic N) is 9. The molecule has 504 valence electrons. The fraction of sp³-hybridized carbons (Fsp3) is 0.500. The summed E-state index contributed by atoms with van der Waals surface area (Å²) >= 11 is 4.42. The van der Waals surface area contributed by atoms with Crippen LogP contribution in [0.3, 0.4) is 0 Å². The average molecular weight is 1360 g/mol. The normalized spacial score (nSPS) is 17.4. The number of aliphatic hydroxyl groups is 1. The van der Waals surface area contributed by atoms with Gasteiger partial charge in [0.05, 0.1) is 52.2 Å². The molecule has 1 aliphatic carbocycles. The minimum absolute atomic E-state index is 0.00618. The molecule has 3 atom stereocenters. The molecule has 7 heterocycles. The van der Waals surface area contributed by atoms with Gasteiger partial charge in [0, 0.05) is 79.4 Å². The van der Waals surface area contributed by atoms with Crippen LogP contribution in [0, 0.1) is 36.9 Å². The van der Waals surface area contributed by atoms with Crippen molar-refractivity contribution in [2.45, 2.75) is 155 Å². The van der Waals surface area contributed by atoms with Gasteiger partial charge in [0.15, 0.2) is 44.8 Å². The first-order chi connectivity index (χ1) is 45.8. The maximum absolute atomic E-state index is 15.3. The van der Waals surface area contributed by atoms with Gasteiger partial charge < -0.3 is 50.3 Å². The summed E-state index contributed by atoms with van der Waals surface area (Å²) in [5.41, 5.74) is 5.17. The van der Waals surface area contributed by atoms with Crippen LogP contribution in [0.4, 0.5) is 30.7 Å². The number of carboxylic acids is 1. The van der Waals surface area contributed by atoms with Gasteiger partial charge in [-0.1, -0.05) is 100 Å². The number of benzene rings is 3. The van der Waals surface area contributed by atoms with Crippen LogP contribution in [0.5, 0.6) is 11.5 Å². The predicted octanol–water partition coefficient (Wildman–Crippen LogP) is 11.3. The number of anilines is 4. The second kappa shape index (κ2) is 31.0. The third-order valence-corrected chi connectivity index (χ3v) is 21.1. The molecule has 2 saturated heterocycles. The Hall–Kier alpha value is -7.73. The van der Waals surface area contributed by atoms with Crippen LogP contribution < -0.4 is 30.3 Å². The highest BCUT2D eigenvalue weighted by Crippen LogP contribution is 2.42. The van der Waals surface area contributed by atoms with E-state index in [1.165, 1.54) is 35.1 Å². The van der Waals surface area contributed by atoms with Gasteiger partial charge in [-0.25, -0.2) is 28.5 Å². The van der Waals surface area contributed by atoms with Crippen LogP contribution in [0.2, 0.25) is 0 Å². The molecule has 4 aromatic heterocycles. The number of alkyl halides is 1. The van der Waals surface area contributed by atoms with Crippen molar-refractivity contribution in [2.75, 3.05) is 75.8 Å². The van der Waals surface area contributed by atoms with Gasteiger partial charge in [0.25, 0.3) is 5.91 Å². The second-order valence-electron chi connectivity index (χ2n) is 26.2. The molecule has 7 aromatic rings. The van der Waals surface area contributed by atoms with Crippen molar-refractivity contribution in [3.63, 3.8) is 0 Å². The number of hydrogen-bond donors (Lipinski definition) is 5. The summed E-state index contributed by atoms with van der Waals surface area (Å²) in [6.07, 6.45) is 9.42. The Balaban J connectivity index is 0.560. The highest BCUT2D eigenvalue weighted by Gasteiger charge is 2.53. The van der Waals surface area contributed by atoms with Gasteiger partial charge in [0.1, 0.15) is 17.8 Å². The minimum Gasteiger partial charge on any atom is -0.493 e. The first-order valence-electron chi connectivity index (χ1n) is 33.1. The molecule has 5 N–H and O–H groups in total. The van der Waals surface area contributed by atoms with Gasteiger partial charge in [-0.05, 0) is 119 Å². The second-order valence-corrected chi connectivity index (χ2v) is 29.1. The van der Waals surface area contributed by atoms with Crippen LogP contribution in [0.1, 0.15) is 141 Å². The number of unbranched alkanes of at least 4 members (excludes halogenated alkanes) is 6. The number of hydrogen-bond acceptors (Lipinski definition) is 19. The summed E-state index contributed by atoms with van der Waals surface area (Å²) in [4.78, 5) is 76.4. The number of para-hydroxylation sites is 1. The summed E-state index contributed by atoms with van der Waals surface area (Å²) in [6, 6.07) is 16.5. The number of fused-ring (bicyclic) bond motifs is 2. The zero-order valence-electron chi connectivity index (χ0n) is 54.6. The van der Waals surface area contributed by atoms with E-state index in [1.54, 1.807) is 55.6 Å². The van der Waals surface area contributed by atoms with E-state index in [1.807, 2.05) is 66.7 Å². The molecule has 20 nitrogen and oxygen atoms in total. The number of nitrogens with one attached hydrogen (secondary N) is 3. The Labute approximate surface area is 565 Å². The monoisotopic (exact) mass is 1350 g/mol. The minimum atomic E-state index is -1.97. The molecular weight excluding hydrogens is 1270 g/mol. The lowest BCUT2D eigenvalue weighted by atomic mass is 9.85. The highest BCUT2D eigenvalue weighted by molar-refractivity contribution is 7.22. The van der Waals surface area contributed by atoms with E-state index >= 15 is 4.39 Å². The third kappa shape index (κ3) is 17.3. The molecule has 25 heteroatoms. The maximum atomic E-state index is 15.3. The summed E-state index contributed by atoms with van der Waals surface area (Å²) in [6.45, 7) is 16.1. The number of piperazine rings is 1.